The molecule has 0 N–H and O–H groups in total. The molecule has 2 aromatic heterocycles. The molecule has 0 aliphatic rings. The molecule has 0 atom stereocenters. The van der Waals surface area contributed by atoms with Crippen LogP contribution in [0.25, 0.3) is 10.2 Å². The summed E-state index contributed by atoms with van der Waals surface area (Å²) in [5.41, 5.74) is 0.760. The minimum absolute atomic E-state index is 0.223. The first-order chi connectivity index (χ1) is 7.13. The largest absolute Gasteiger partial charge is 0.464 e. The number of thiophene rings is 1. The number of pyridine rings is 1. The van der Waals surface area contributed by atoms with E-state index in [1.807, 2.05) is 0 Å². The maximum absolute atomic E-state index is 11.2. The molecule has 2 aromatic rings. The zero-order valence-corrected chi connectivity index (χ0v) is 9.91. The lowest BCUT2D eigenvalue weighted by Gasteiger charge is -1.97. The van der Waals surface area contributed by atoms with E-state index in [9.17, 15) is 4.79 Å². The fourth-order valence-corrected chi connectivity index (χ4v) is 2.55. The third kappa shape index (κ3) is 1.80. The number of hydrogen-bond donors (Lipinski definition) is 0. The maximum atomic E-state index is 11.2. The molecule has 0 aliphatic heterocycles. The lowest BCUT2D eigenvalue weighted by molar-refractivity contribution is 0.0594. The minimum Gasteiger partial charge on any atom is -0.464 e. The molecule has 0 aromatic carbocycles. The molecule has 0 bridgehead atoms. The highest BCUT2D eigenvalue weighted by atomic mass is 35.5. The Balaban J connectivity index is 2.64. The Bertz CT molecular complexity index is 538. The van der Waals surface area contributed by atoms with Crippen molar-refractivity contribution in [2.75, 3.05) is 7.11 Å². The number of nitrogens with zero attached hydrogens (tertiary/aromatic N) is 1. The van der Waals surface area contributed by atoms with E-state index in [1.165, 1.54) is 18.4 Å². The average molecular weight is 262 g/mol. The van der Waals surface area contributed by atoms with Crippen molar-refractivity contribution in [3.8, 4) is 0 Å². The van der Waals surface area contributed by atoms with E-state index in [1.54, 1.807) is 12.1 Å². The van der Waals surface area contributed by atoms with Gasteiger partial charge in [0, 0.05) is 0 Å². The number of carbonyl (C=O) groups excluding carboxylic acids is 1. The van der Waals surface area contributed by atoms with E-state index in [4.69, 9.17) is 23.2 Å². The number of aromatic nitrogens is 1. The Hall–Kier alpha value is -0.840. The molecule has 15 heavy (non-hydrogen) atoms. The normalized spacial score (nSPS) is 10.6. The van der Waals surface area contributed by atoms with Crippen molar-refractivity contribution >= 4 is 50.7 Å². The Kier molecular flexibility index (Phi) is 2.82. The summed E-state index contributed by atoms with van der Waals surface area (Å²) in [5, 5.41) is 0.377. The van der Waals surface area contributed by atoms with Crippen LogP contribution in [0.15, 0.2) is 12.1 Å². The van der Waals surface area contributed by atoms with Gasteiger partial charge < -0.3 is 4.74 Å². The van der Waals surface area contributed by atoms with E-state index in [2.05, 4.69) is 9.72 Å². The van der Waals surface area contributed by atoms with Crippen LogP contribution in [0.1, 0.15) is 10.5 Å². The number of rotatable bonds is 1. The summed E-state index contributed by atoms with van der Waals surface area (Å²) in [6, 6.07) is 3.33. The van der Waals surface area contributed by atoms with Gasteiger partial charge in [-0.2, -0.15) is 0 Å². The Labute approximate surface area is 99.6 Å². The summed E-state index contributed by atoms with van der Waals surface area (Å²) < 4.78 is 5.88. The van der Waals surface area contributed by atoms with Gasteiger partial charge in [-0.05, 0) is 12.1 Å². The van der Waals surface area contributed by atoms with Crippen LogP contribution in [0.5, 0.6) is 0 Å². The SMILES string of the molecule is COC(=O)c1ccc2sc(Cl)c(Cl)c2n1. The maximum Gasteiger partial charge on any atom is 0.356 e. The molecule has 2 rings (SSSR count). The fourth-order valence-electron chi connectivity index (χ4n) is 1.14. The first-order valence-corrected chi connectivity index (χ1v) is 5.53. The van der Waals surface area contributed by atoms with Crippen molar-refractivity contribution in [2.45, 2.75) is 0 Å². The molecule has 0 spiro atoms. The number of fused-ring (bicyclic) bond motifs is 1. The van der Waals surface area contributed by atoms with Gasteiger partial charge in [-0.25, -0.2) is 9.78 Å². The van der Waals surface area contributed by atoms with Crippen LogP contribution in [0.3, 0.4) is 0 Å². The molecular weight excluding hydrogens is 257 g/mol. The lowest BCUT2D eigenvalue weighted by atomic mass is 10.3. The van der Waals surface area contributed by atoms with Gasteiger partial charge in [0.1, 0.15) is 15.5 Å². The highest BCUT2D eigenvalue weighted by Gasteiger charge is 2.13. The van der Waals surface area contributed by atoms with Gasteiger partial charge in [-0.15, -0.1) is 11.3 Å². The molecule has 0 amide bonds. The number of methoxy groups -OCH3 is 1. The van der Waals surface area contributed by atoms with Gasteiger partial charge in [-0.3, -0.25) is 0 Å². The van der Waals surface area contributed by atoms with Crippen LogP contribution in [0.2, 0.25) is 9.36 Å². The molecule has 78 valence electrons. The van der Waals surface area contributed by atoms with Crippen LogP contribution < -0.4 is 0 Å². The molecule has 3 nitrogen and oxygen atoms in total. The van der Waals surface area contributed by atoms with Crippen LogP contribution in [0, 0.1) is 0 Å². The van der Waals surface area contributed by atoms with E-state index >= 15 is 0 Å². The zero-order valence-electron chi connectivity index (χ0n) is 7.58. The first kappa shape index (κ1) is 10.7. The first-order valence-electron chi connectivity index (χ1n) is 3.96. The topological polar surface area (TPSA) is 39.2 Å². The predicted octanol–water partition coefficient (Wildman–Crippen LogP) is 3.39. The van der Waals surface area contributed by atoms with Gasteiger partial charge >= 0.3 is 5.97 Å². The molecule has 0 radical (unpaired) electrons. The van der Waals surface area contributed by atoms with Crippen LogP contribution in [0.4, 0.5) is 0 Å². The summed E-state index contributed by atoms with van der Waals surface area (Å²) in [6.45, 7) is 0. The van der Waals surface area contributed by atoms with E-state index in [0.717, 1.165) is 4.70 Å². The molecule has 6 heteroatoms. The monoisotopic (exact) mass is 261 g/mol. The molecule has 0 fully saturated rings. The Morgan fingerprint density at radius 3 is 2.87 bits per heavy atom. The fraction of sp³-hybridized carbons (Fsp3) is 0.111. The smallest absolute Gasteiger partial charge is 0.356 e. The van der Waals surface area contributed by atoms with Crippen LogP contribution in [-0.2, 0) is 4.74 Å². The molecule has 0 aliphatic carbocycles. The van der Waals surface area contributed by atoms with Gasteiger partial charge in [0.2, 0.25) is 0 Å². The van der Waals surface area contributed by atoms with Gasteiger partial charge in [-0.1, -0.05) is 23.2 Å². The predicted molar refractivity (Wildman–Crippen MR) is 61.0 cm³/mol. The summed E-state index contributed by atoms with van der Waals surface area (Å²) in [6.07, 6.45) is 0. The summed E-state index contributed by atoms with van der Waals surface area (Å²) in [4.78, 5) is 15.3. The molecule has 0 saturated carbocycles. The second-order valence-corrected chi connectivity index (χ2v) is 4.76. The molecule has 0 unspecified atom stereocenters. The summed E-state index contributed by atoms with van der Waals surface area (Å²) in [7, 11) is 1.30. The van der Waals surface area contributed by atoms with Gasteiger partial charge in [0.15, 0.2) is 0 Å². The summed E-state index contributed by atoms with van der Waals surface area (Å²) >= 11 is 13.1. The highest BCUT2D eigenvalue weighted by molar-refractivity contribution is 7.23. The third-order valence-corrected chi connectivity index (χ3v) is 3.76. The number of carbonyl (C=O) groups is 1. The third-order valence-electron chi connectivity index (χ3n) is 1.83. The number of ether oxygens (including phenoxy) is 1. The molecule has 0 saturated heterocycles. The standard InChI is InChI=1S/C9H5Cl2NO2S/c1-14-9(13)4-2-3-5-7(12-4)6(10)8(11)15-5/h2-3H,1H3. The number of halogens is 2. The van der Waals surface area contributed by atoms with Crippen LogP contribution >= 0.6 is 34.5 Å². The molecular formula is C9H5Cl2NO2S. The Morgan fingerprint density at radius 1 is 1.47 bits per heavy atom. The summed E-state index contributed by atoms with van der Waals surface area (Å²) in [5.74, 6) is -0.490. The zero-order chi connectivity index (χ0) is 11.0. The number of hydrogen-bond acceptors (Lipinski definition) is 4. The average Bonchev–Trinajstić information content (AvgIpc) is 2.54. The Morgan fingerprint density at radius 2 is 2.20 bits per heavy atom. The van der Waals surface area contributed by atoms with Crippen molar-refractivity contribution in [3.63, 3.8) is 0 Å². The van der Waals surface area contributed by atoms with Gasteiger partial charge in [0.05, 0.1) is 16.8 Å². The second-order valence-electron chi connectivity index (χ2n) is 2.72. The van der Waals surface area contributed by atoms with Crippen molar-refractivity contribution < 1.29 is 9.53 Å². The van der Waals surface area contributed by atoms with Crippen molar-refractivity contribution in [2.24, 2.45) is 0 Å². The minimum atomic E-state index is -0.490. The quantitative estimate of drug-likeness (QED) is 0.739. The highest BCUT2D eigenvalue weighted by Crippen LogP contribution is 2.37. The lowest BCUT2D eigenvalue weighted by Crippen LogP contribution is -2.03. The van der Waals surface area contributed by atoms with Crippen LogP contribution in [-0.4, -0.2) is 18.1 Å². The van der Waals surface area contributed by atoms with Crippen molar-refractivity contribution in [1.82, 2.24) is 4.98 Å². The van der Waals surface area contributed by atoms with E-state index < -0.39 is 5.97 Å². The van der Waals surface area contributed by atoms with Gasteiger partial charge in [0.25, 0.3) is 0 Å². The van der Waals surface area contributed by atoms with E-state index in [0.29, 0.717) is 14.9 Å². The van der Waals surface area contributed by atoms with Crippen molar-refractivity contribution in [1.29, 1.82) is 0 Å². The van der Waals surface area contributed by atoms with Crippen molar-refractivity contribution in [3.05, 3.63) is 27.2 Å². The molecule has 2 heterocycles. The number of esters is 1. The van der Waals surface area contributed by atoms with E-state index in [-0.39, 0.29) is 5.69 Å². The second kappa shape index (κ2) is 3.96.